The molecule has 7 nitrogen and oxygen atoms in total. The van der Waals surface area contributed by atoms with E-state index in [2.05, 4.69) is 0 Å². The number of aromatic carboxylic acids is 2. The van der Waals surface area contributed by atoms with E-state index in [4.69, 9.17) is 10.2 Å². The van der Waals surface area contributed by atoms with E-state index in [-0.39, 0.29) is 0 Å². The number of nitro benzene ring substituents is 1. The molecular weight excluding hydrogens is 254 g/mol. The maximum absolute atomic E-state index is 10.5. The fourth-order valence-corrected chi connectivity index (χ4v) is 0.964. The summed E-state index contributed by atoms with van der Waals surface area (Å²) in [5.41, 5.74) is -1.42. The van der Waals surface area contributed by atoms with Crippen molar-refractivity contribution >= 4 is 17.6 Å². The van der Waals surface area contributed by atoms with Crippen molar-refractivity contribution in [1.29, 1.82) is 0 Å². The smallest absolute Gasteiger partial charge is 0.335 e. The first kappa shape index (κ1) is 18.9. The molecule has 106 valence electrons. The minimum atomic E-state index is -1.42. The minimum absolute atomic E-state index is 0.429. The van der Waals surface area contributed by atoms with Crippen LogP contribution in [0.15, 0.2) is 18.2 Å². The lowest BCUT2D eigenvalue weighted by Crippen LogP contribution is -2.04. The van der Waals surface area contributed by atoms with E-state index in [1.807, 2.05) is 27.7 Å². The fourth-order valence-electron chi connectivity index (χ4n) is 0.964. The molecule has 0 aromatic heterocycles. The Morgan fingerprint density at radius 3 is 1.47 bits per heavy atom. The highest BCUT2D eigenvalue weighted by Crippen LogP contribution is 2.17. The van der Waals surface area contributed by atoms with Crippen LogP contribution >= 0.6 is 0 Å². The molecule has 0 aliphatic carbocycles. The van der Waals surface area contributed by atoms with E-state index in [0.29, 0.717) is 0 Å². The topological polar surface area (TPSA) is 118 Å². The number of carboxylic acids is 2. The molecule has 0 saturated carbocycles. The van der Waals surface area contributed by atoms with Crippen LogP contribution in [-0.2, 0) is 0 Å². The summed E-state index contributed by atoms with van der Waals surface area (Å²) >= 11 is 0. The number of hydrogen-bond donors (Lipinski definition) is 2. The first-order valence-electron chi connectivity index (χ1n) is 5.68. The first-order chi connectivity index (χ1) is 8.91. The molecule has 0 radical (unpaired) electrons. The van der Waals surface area contributed by atoms with Gasteiger partial charge in [-0.2, -0.15) is 0 Å². The number of non-ortho nitro benzene ring substituents is 1. The largest absolute Gasteiger partial charge is 0.478 e. The van der Waals surface area contributed by atoms with Crippen LogP contribution in [0, 0.1) is 10.1 Å². The summed E-state index contributed by atoms with van der Waals surface area (Å²) in [6.45, 7) is 8.00. The van der Waals surface area contributed by atoms with Gasteiger partial charge in [0.2, 0.25) is 0 Å². The standard InChI is InChI=1S/C8H5NO6.2C2H6/c10-7(11)4-1-5(8(12)13)3-6(2-4)9(14)15;2*1-2/h1-3H,(H,10,11)(H,12,13);2*1-2H3. The van der Waals surface area contributed by atoms with Crippen LogP contribution in [0.2, 0.25) is 0 Å². The third-order valence-electron chi connectivity index (χ3n) is 1.62. The van der Waals surface area contributed by atoms with Gasteiger partial charge in [-0.3, -0.25) is 10.1 Å². The first-order valence-corrected chi connectivity index (χ1v) is 5.68. The number of hydrogen-bond acceptors (Lipinski definition) is 4. The Kier molecular flexibility index (Phi) is 9.53. The second kappa shape index (κ2) is 9.58. The van der Waals surface area contributed by atoms with Crippen LogP contribution < -0.4 is 0 Å². The van der Waals surface area contributed by atoms with Gasteiger partial charge in [0, 0.05) is 12.1 Å². The molecule has 0 saturated heterocycles. The average Bonchev–Trinajstić information content (AvgIpc) is 2.42. The Morgan fingerprint density at radius 1 is 0.947 bits per heavy atom. The molecule has 0 aliphatic rings. The number of nitrogens with zero attached hydrogens (tertiary/aromatic N) is 1. The zero-order valence-electron chi connectivity index (χ0n) is 11.2. The third kappa shape index (κ3) is 6.16. The molecule has 19 heavy (non-hydrogen) atoms. The maximum atomic E-state index is 10.5. The maximum Gasteiger partial charge on any atom is 0.335 e. The monoisotopic (exact) mass is 271 g/mol. The van der Waals surface area contributed by atoms with Gasteiger partial charge in [-0.1, -0.05) is 27.7 Å². The van der Waals surface area contributed by atoms with E-state index in [1.165, 1.54) is 0 Å². The summed E-state index contributed by atoms with van der Waals surface area (Å²) in [6, 6.07) is 2.46. The molecular formula is C12H17NO6. The highest BCUT2D eigenvalue weighted by Gasteiger charge is 2.16. The fraction of sp³-hybridized carbons (Fsp3) is 0.333. The Morgan fingerprint density at radius 2 is 1.26 bits per heavy atom. The van der Waals surface area contributed by atoms with Gasteiger partial charge in [0.15, 0.2) is 0 Å². The van der Waals surface area contributed by atoms with E-state index in [0.717, 1.165) is 18.2 Å². The van der Waals surface area contributed by atoms with Gasteiger partial charge >= 0.3 is 11.9 Å². The molecule has 0 bridgehead atoms. The number of carbonyl (C=O) groups is 2. The van der Waals surface area contributed by atoms with Crippen molar-refractivity contribution in [2.45, 2.75) is 27.7 Å². The molecule has 7 heteroatoms. The molecule has 0 fully saturated rings. The second-order valence-corrected chi connectivity index (χ2v) is 2.64. The van der Waals surface area contributed by atoms with E-state index in [9.17, 15) is 19.7 Å². The predicted molar refractivity (Wildman–Crippen MR) is 69.7 cm³/mol. The van der Waals surface area contributed by atoms with Gasteiger partial charge in [0.1, 0.15) is 0 Å². The molecule has 1 aromatic carbocycles. The van der Waals surface area contributed by atoms with Gasteiger partial charge in [-0.25, -0.2) is 9.59 Å². The van der Waals surface area contributed by atoms with Crippen LogP contribution in [0.1, 0.15) is 48.4 Å². The summed E-state index contributed by atoms with van der Waals surface area (Å²) in [6.07, 6.45) is 0. The predicted octanol–water partition coefficient (Wildman–Crippen LogP) is 3.04. The lowest BCUT2D eigenvalue weighted by atomic mass is 10.1. The third-order valence-corrected chi connectivity index (χ3v) is 1.62. The zero-order chi connectivity index (χ0) is 15.6. The molecule has 0 spiro atoms. The number of benzene rings is 1. The van der Waals surface area contributed by atoms with Crippen molar-refractivity contribution in [1.82, 2.24) is 0 Å². The molecule has 0 aliphatic heterocycles. The molecule has 1 rings (SSSR count). The van der Waals surface area contributed by atoms with Crippen molar-refractivity contribution in [2.24, 2.45) is 0 Å². The summed E-state index contributed by atoms with van der Waals surface area (Å²) in [7, 11) is 0. The SMILES string of the molecule is CC.CC.O=C(O)c1cc(C(=O)O)cc([N+](=O)[O-])c1. The lowest BCUT2D eigenvalue weighted by Gasteiger charge is -1.98. The molecule has 0 heterocycles. The summed E-state index contributed by atoms with van der Waals surface area (Å²) in [5, 5.41) is 27.5. The molecule has 1 aromatic rings. The van der Waals surface area contributed by atoms with Crippen LogP contribution in [-0.4, -0.2) is 27.1 Å². The molecule has 0 unspecified atom stereocenters. The van der Waals surface area contributed by atoms with Crippen molar-refractivity contribution < 1.29 is 24.7 Å². The van der Waals surface area contributed by atoms with Gasteiger partial charge in [0.05, 0.1) is 16.1 Å². The van der Waals surface area contributed by atoms with E-state index in [1.54, 1.807) is 0 Å². The highest BCUT2D eigenvalue weighted by molar-refractivity contribution is 5.94. The van der Waals surface area contributed by atoms with Crippen LogP contribution in [0.5, 0.6) is 0 Å². The van der Waals surface area contributed by atoms with Crippen molar-refractivity contribution in [3.05, 3.63) is 39.4 Å². The summed E-state index contributed by atoms with van der Waals surface area (Å²) in [4.78, 5) is 30.6. The summed E-state index contributed by atoms with van der Waals surface area (Å²) in [5.74, 6) is -2.83. The van der Waals surface area contributed by atoms with Crippen molar-refractivity contribution in [3.63, 3.8) is 0 Å². The minimum Gasteiger partial charge on any atom is -0.478 e. The zero-order valence-corrected chi connectivity index (χ0v) is 11.2. The quantitative estimate of drug-likeness (QED) is 0.644. The Hall–Kier alpha value is -2.44. The van der Waals surface area contributed by atoms with Gasteiger partial charge in [-0.15, -0.1) is 0 Å². The van der Waals surface area contributed by atoms with Crippen molar-refractivity contribution in [2.75, 3.05) is 0 Å². The number of nitro groups is 1. The van der Waals surface area contributed by atoms with Crippen LogP contribution in [0.4, 0.5) is 5.69 Å². The van der Waals surface area contributed by atoms with Crippen molar-refractivity contribution in [3.8, 4) is 0 Å². The Balaban J connectivity index is 0. The molecule has 0 atom stereocenters. The van der Waals surface area contributed by atoms with Crippen LogP contribution in [0.25, 0.3) is 0 Å². The highest BCUT2D eigenvalue weighted by atomic mass is 16.6. The molecule has 2 N–H and O–H groups in total. The van der Waals surface area contributed by atoms with Crippen LogP contribution in [0.3, 0.4) is 0 Å². The number of rotatable bonds is 3. The Labute approximate surface area is 110 Å². The second-order valence-electron chi connectivity index (χ2n) is 2.64. The van der Waals surface area contributed by atoms with E-state index >= 15 is 0 Å². The Bertz CT molecular complexity index is 377. The molecule has 0 amide bonds. The lowest BCUT2D eigenvalue weighted by molar-refractivity contribution is -0.384. The van der Waals surface area contributed by atoms with Gasteiger partial charge in [-0.05, 0) is 6.07 Å². The van der Waals surface area contributed by atoms with E-state index < -0.39 is 33.7 Å². The summed E-state index contributed by atoms with van der Waals surface area (Å²) < 4.78 is 0. The average molecular weight is 271 g/mol. The normalized spacial score (nSPS) is 8.21. The van der Waals surface area contributed by atoms with Gasteiger partial charge < -0.3 is 10.2 Å². The number of carboxylic acid groups (broad SMARTS) is 2. The van der Waals surface area contributed by atoms with Gasteiger partial charge in [0.25, 0.3) is 5.69 Å².